The Bertz CT molecular complexity index is 881. The Balaban J connectivity index is 1.88. The number of halogens is 2. The highest BCUT2D eigenvalue weighted by atomic mass is 35.5. The van der Waals surface area contributed by atoms with Crippen molar-refractivity contribution in [1.29, 1.82) is 0 Å². The Hall–Kier alpha value is -2.15. The molecule has 0 spiro atoms. The summed E-state index contributed by atoms with van der Waals surface area (Å²) in [6, 6.07) is 12.1. The first-order valence-electron chi connectivity index (χ1n) is 6.81. The number of amides is 1. The molecule has 0 saturated carbocycles. The SMILES string of the molecule is COc1ccc(-c2nnsc2C(=O)Nc2cc(Cl)ccc2Cl)cc1. The van der Waals surface area contributed by atoms with E-state index in [4.69, 9.17) is 27.9 Å². The van der Waals surface area contributed by atoms with Gasteiger partial charge >= 0.3 is 0 Å². The highest BCUT2D eigenvalue weighted by molar-refractivity contribution is 7.08. The third-order valence-electron chi connectivity index (χ3n) is 3.23. The third-order valence-corrected chi connectivity index (χ3v) is 4.52. The number of rotatable bonds is 4. The van der Waals surface area contributed by atoms with Gasteiger partial charge < -0.3 is 10.1 Å². The minimum absolute atomic E-state index is 0.347. The summed E-state index contributed by atoms with van der Waals surface area (Å²) in [5, 5.41) is 7.67. The van der Waals surface area contributed by atoms with Crippen molar-refractivity contribution in [2.75, 3.05) is 12.4 Å². The van der Waals surface area contributed by atoms with Crippen molar-refractivity contribution in [1.82, 2.24) is 9.59 Å². The number of carbonyl (C=O) groups is 1. The van der Waals surface area contributed by atoms with Crippen molar-refractivity contribution in [3.63, 3.8) is 0 Å². The predicted molar refractivity (Wildman–Crippen MR) is 96.3 cm³/mol. The second-order valence-corrected chi connectivity index (χ2v) is 6.36. The van der Waals surface area contributed by atoms with Gasteiger partial charge in [-0.1, -0.05) is 27.7 Å². The molecule has 1 amide bonds. The molecule has 3 aromatic rings. The van der Waals surface area contributed by atoms with Gasteiger partial charge in [-0.05, 0) is 54.0 Å². The number of aromatic nitrogens is 2. The molecule has 0 aliphatic heterocycles. The van der Waals surface area contributed by atoms with Gasteiger partial charge in [0.1, 0.15) is 16.3 Å². The van der Waals surface area contributed by atoms with Gasteiger partial charge in [0.05, 0.1) is 17.8 Å². The lowest BCUT2D eigenvalue weighted by Crippen LogP contribution is -2.11. The minimum Gasteiger partial charge on any atom is -0.497 e. The Kier molecular flexibility index (Phi) is 4.99. The molecule has 1 N–H and O–H groups in total. The van der Waals surface area contributed by atoms with E-state index in [0.717, 1.165) is 22.8 Å². The first kappa shape index (κ1) is 16.7. The molecule has 5 nitrogen and oxygen atoms in total. The van der Waals surface area contributed by atoms with Crippen LogP contribution in [0.25, 0.3) is 11.3 Å². The minimum atomic E-state index is -0.347. The Morgan fingerprint density at radius 2 is 1.92 bits per heavy atom. The zero-order chi connectivity index (χ0) is 17.1. The fourth-order valence-corrected chi connectivity index (χ4v) is 2.97. The van der Waals surface area contributed by atoms with Crippen LogP contribution in [0.5, 0.6) is 5.75 Å². The van der Waals surface area contributed by atoms with Gasteiger partial charge in [0.2, 0.25) is 0 Å². The Morgan fingerprint density at radius 3 is 2.62 bits per heavy atom. The molecule has 24 heavy (non-hydrogen) atoms. The van der Waals surface area contributed by atoms with E-state index in [1.54, 1.807) is 37.4 Å². The fraction of sp³-hybridized carbons (Fsp3) is 0.0625. The Morgan fingerprint density at radius 1 is 1.17 bits per heavy atom. The smallest absolute Gasteiger partial charge is 0.269 e. The molecule has 122 valence electrons. The number of ether oxygens (including phenoxy) is 1. The molecule has 0 aliphatic carbocycles. The van der Waals surface area contributed by atoms with Crippen LogP contribution in [-0.4, -0.2) is 22.6 Å². The molecule has 8 heteroatoms. The molecular formula is C16H11Cl2N3O2S. The van der Waals surface area contributed by atoms with E-state index in [-0.39, 0.29) is 5.91 Å². The molecule has 0 unspecified atom stereocenters. The number of carbonyl (C=O) groups excluding carboxylic acids is 1. The zero-order valence-corrected chi connectivity index (χ0v) is 14.7. The quantitative estimate of drug-likeness (QED) is 0.708. The van der Waals surface area contributed by atoms with E-state index in [1.165, 1.54) is 0 Å². The van der Waals surface area contributed by atoms with Crippen molar-refractivity contribution < 1.29 is 9.53 Å². The summed E-state index contributed by atoms with van der Waals surface area (Å²) in [6.07, 6.45) is 0. The molecule has 2 aromatic carbocycles. The molecule has 0 bridgehead atoms. The zero-order valence-electron chi connectivity index (χ0n) is 12.4. The molecule has 0 atom stereocenters. The maximum Gasteiger partial charge on any atom is 0.269 e. The van der Waals surface area contributed by atoms with E-state index in [1.807, 2.05) is 12.1 Å². The van der Waals surface area contributed by atoms with Crippen LogP contribution in [0.1, 0.15) is 9.67 Å². The van der Waals surface area contributed by atoms with Crippen LogP contribution in [0, 0.1) is 0 Å². The maximum atomic E-state index is 12.5. The lowest BCUT2D eigenvalue weighted by molar-refractivity contribution is 0.103. The summed E-state index contributed by atoms with van der Waals surface area (Å²) in [4.78, 5) is 12.9. The lowest BCUT2D eigenvalue weighted by Gasteiger charge is -2.07. The Labute approximate surface area is 152 Å². The summed E-state index contributed by atoms with van der Waals surface area (Å²) in [5.74, 6) is 0.374. The van der Waals surface area contributed by atoms with Crippen LogP contribution in [0.2, 0.25) is 10.0 Å². The monoisotopic (exact) mass is 379 g/mol. The standard InChI is InChI=1S/C16H11Cl2N3O2S/c1-23-11-5-2-9(3-6-11)14-15(24-21-20-14)16(22)19-13-8-10(17)4-7-12(13)18/h2-8H,1H3,(H,19,22). The molecule has 3 rings (SSSR count). The maximum absolute atomic E-state index is 12.5. The van der Waals surface area contributed by atoms with Crippen molar-refractivity contribution in [3.05, 3.63) is 57.4 Å². The highest BCUT2D eigenvalue weighted by Crippen LogP contribution is 2.29. The lowest BCUT2D eigenvalue weighted by atomic mass is 10.1. The first-order chi connectivity index (χ1) is 11.6. The van der Waals surface area contributed by atoms with Crippen molar-refractivity contribution >= 4 is 46.3 Å². The summed E-state index contributed by atoms with van der Waals surface area (Å²) in [7, 11) is 1.59. The number of anilines is 1. The second-order valence-electron chi connectivity index (χ2n) is 4.76. The van der Waals surface area contributed by atoms with Crippen molar-refractivity contribution in [2.45, 2.75) is 0 Å². The average molecular weight is 380 g/mol. The third kappa shape index (κ3) is 3.51. The number of hydrogen-bond acceptors (Lipinski definition) is 5. The first-order valence-corrected chi connectivity index (χ1v) is 8.34. The summed E-state index contributed by atoms with van der Waals surface area (Å²) >= 11 is 13.0. The highest BCUT2D eigenvalue weighted by Gasteiger charge is 2.19. The summed E-state index contributed by atoms with van der Waals surface area (Å²) in [6.45, 7) is 0. The molecule has 0 saturated heterocycles. The van der Waals surface area contributed by atoms with Gasteiger partial charge in [-0.2, -0.15) is 0 Å². The fourth-order valence-electron chi connectivity index (χ4n) is 2.05. The van der Waals surface area contributed by atoms with E-state index < -0.39 is 0 Å². The van der Waals surface area contributed by atoms with Gasteiger partial charge in [-0.3, -0.25) is 4.79 Å². The molecule has 0 fully saturated rings. The largest absolute Gasteiger partial charge is 0.497 e. The van der Waals surface area contributed by atoms with Crippen LogP contribution in [0.15, 0.2) is 42.5 Å². The van der Waals surface area contributed by atoms with E-state index in [2.05, 4.69) is 14.9 Å². The molecule has 1 aromatic heterocycles. The summed E-state index contributed by atoms with van der Waals surface area (Å²) in [5.41, 5.74) is 1.70. The van der Waals surface area contributed by atoms with Crippen LogP contribution in [-0.2, 0) is 0 Å². The van der Waals surface area contributed by atoms with Crippen LogP contribution < -0.4 is 10.1 Å². The van der Waals surface area contributed by atoms with Gasteiger partial charge in [0.25, 0.3) is 5.91 Å². The van der Waals surface area contributed by atoms with E-state index >= 15 is 0 Å². The average Bonchev–Trinajstić information content (AvgIpc) is 3.08. The van der Waals surface area contributed by atoms with Crippen LogP contribution in [0.3, 0.4) is 0 Å². The van der Waals surface area contributed by atoms with E-state index in [0.29, 0.717) is 26.3 Å². The van der Waals surface area contributed by atoms with Gasteiger partial charge in [0, 0.05) is 10.6 Å². The normalized spacial score (nSPS) is 10.5. The molecule has 0 radical (unpaired) electrons. The van der Waals surface area contributed by atoms with Crippen LogP contribution in [0.4, 0.5) is 5.69 Å². The van der Waals surface area contributed by atoms with Crippen molar-refractivity contribution in [3.8, 4) is 17.0 Å². The number of hydrogen-bond donors (Lipinski definition) is 1. The second kappa shape index (κ2) is 7.17. The molecule has 1 heterocycles. The number of nitrogens with zero attached hydrogens (tertiary/aromatic N) is 2. The van der Waals surface area contributed by atoms with Gasteiger partial charge in [-0.15, -0.1) is 5.10 Å². The van der Waals surface area contributed by atoms with Crippen LogP contribution >= 0.6 is 34.7 Å². The van der Waals surface area contributed by atoms with Gasteiger partial charge in [-0.25, -0.2) is 0 Å². The van der Waals surface area contributed by atoms with Gasteiger partial charge in [0.15, 0.2) is 0 Å². The predicted octanol–water partition coefficient (Wildman–Crippen LogP) is 4.77. The topological polar surface area (TPSA) is 64.1 Å². The summed E-state index contributed by atoms with van der Waals surface area (Å²) < 4.78 is 9.01. The molecular weight excluding hydrogens is 369 g/mol. The number of benzene rings is 2. The van der Waals surface area contributed by atoms with Crippen molar-refractivity contribution in [2.24, 2.45) is 0 Å². The number of methoxy groups -OCH3 is 1. The van der Waals surface area contributed by atoms with E-state index in [9.17, 15) is 4.79 Å². The molecule has 0 aliphatic rings. The number of nitrogens with one attached hydrogen (secondary N) is 1.